The van der Waals surface area contributed by atoms with Gasteiger partial charge in [0, 0.05) is 17.5 Å². The summed E-state index contributed by atoms with van der Waals surface area (Å²) in [6, 6.07) is 13.3. The van der Waals surface area contributed by atoms with Gasteiger partial charge in [0.25, 0.3) is 0 Å². The lowest BCUT2D eigenvalue weighted by atomic mass is 10.2. The molecule has 0 radical (unpaired) electrons. The Morgan fingerprint density at radius 3 is 2.62 bits per heavy atom. The number of ether oxygens (including phenoxy) is 2. The minimum atomic E-state index is -0.187. The molecule has 0 saturated carbocycles. The molecule has 0 aromatic heterocycles. The Morgan fingerprint density at radius 2 is 1.96 bits per heavy atom. The van der Waals surface area contributed by atoms with Gasteiger partial charge in [0.05, 0.1) is 7.11 Å². The summed E-state index contributed by atoms with van der Waals surface area (Å²) in [4.78, 5) is 12.1. The molecule has 1 N–H and O–H groups in total. The van der Waals surface area contributed by atoms with Crippen LogP contribution in [0.1, 0.15) is 11.1 Å². The summed E-state index contributed by atoms with van der Waals surface area (Å²) in [6.07, 6.45) is 6.96. The van der Waals surface area contributed by atoms with E-state index in [0.29, 0.717) is 18.1 Å². The van der Waals surface area contributed by atoms with Crippen molar-refractivity contribution in [2.75, 3.05) is 25.3 Å². The second-order valence-corrected chi connectivity index (χ2v) is 6.33. The van der Waals surface area contributed by atoms with Crippen molar-refractivity contribution >= 4 is 29.4 Å². The zero-order valence-electron chi connectivity index (χ0n) is 15.0. The minimum Gasteiger partial charge on any atom is -0.493 e. The second kappa shape index (κ2) is 10.4. The van der Waals surface area contributed by atoms with Crippen molar-refractivity contribution in [3.8, 4) is 11.5 Å². The maximum Gasteiger partial charge on any atom is 0.248 e. The summed E-state index contributed by atoms with van der Waals surface area (Å²) in [5.74, 6) is 2.02. The van der Waals surface area contributed by atoms with Gasteiger partial charge in [-0.05, 0) is 47.7 Å². The Labute approximate surface area is 158 Å². The molecule has 0 saturated heterocycles. The normalized spacial score (nSPS) is 10.5. The van der Waals surface area contributed by atoms with Crippen molar-refractivity contribution < 1.29 is 14.3 Å². The molecule has 2 rings (SSSR count). The van der Waals surface area contributed by atoms with E-state index in [9.17, 15) is 4.79 Å². The Kier molecular flexibility index (Phi) is 7.83. The number of carbonyl (C=O) groups excluding carboxylic acids is 1. The van der Waals surface area contributed by atoms with Crippen molar-refractivity contribution in [2.24, 2.45) is 0 Å². The van der Waals surface area contributed by atoms with Crippen molar-refractivity contribution in [2.45, 2.75) is 5.75 Å². The van der Waals surface area contributed by atoms with Gasteiger partial charge in [0.1, 0.15) is 6.61 Å². The largest absolute Gasteiger partial charge is 0.493 e. The van der Waals surface area contributed by atoms with E-state index in [2.05, 4.69) is 18.2 Å². The Hall–Kier alpha value is -2.66. The van der Waals surface area contributed by atoms with Gasteiger partial charge in [0.2, 0.25) is 5.91 Å². The van der Waals surface area contributed by atoms with Crippen LogP contribution in [0.2, 0.25) is 0 Å². The van der Waals surface area contributed by atoms with E-state index >= 15 is 0 Å². The van der Waals surface area contributed by atoms with Gasteiger partial charge in [-0.2, -0.15) is 11.8 Å². The first-order valence-corrected chi connectivity index (χ1v) is 9.54. The number of anilines is 1. The standard InChI is InChI=1S/C21H23NO3S/c1-4-13-25-19-11-7-16(14-20(19)24-2)8-12-21(23)22-18-9-5-17(6-10-18)15-26-3/h4-12,14H,1,13,15H2,2-3H3,(H,22,23). The molecule has 1 amide bonds. The lowest BCUT2D eigenvalue weighted by molar-refractivity contribution is -0.111. The monoisotopic (exact) mass is 369 g/mol. The fraction of sp³-hybridized carbons (Fsp3) is 0.190. The molecule has 2 aromatic rings. The molecule has 0 atom stereocenters. The van der Waals surface area contributed by atoms with Crippen LogP contribution >= 0.6 is 11.8 Å². The number of nitrogens with one attached hydrogen (secondary N) is 1. The molecular weight excluding hydrogens is 346 g/mol. The van der Waals surface area contributed by atoms with E-state index in [4.69, 9.17) is 9.47 Å². The number of thioether (sulfide) groups is 1. The van der Waals surface area contributed by atoms with Gasteiger partial charge in [0.15, 0.2) is 11.5 Å². The number of benzene rings is 2. The first-order chi connectivity index (χ1) is 12.7. The fourth-order valence-electron chi connectivity index (χ4n) is 2.26. The molecule has 0 spiro atoms. The molecule has 0 aliphatic carbocycles. The highest BCUT2D eigenvalue weighted by molar-refractivity contribution is 7.97. The van der Waals surface area contributed by atoms with Crippen LogP contribution in [0.25, 0.3) is 6.08 Å². The van der Waals surface area contributed by atoms with Gasteiger partial charge < -0.3 is 14.8 Å². The highest BCUT2D eigenvalue weighted by atomic mass is 32.2. The smallest absolute Gasteiger partial charge is 0.248 e. The van der Waals surface area contributed by atoms with Crippen LogP contribution in [0, 0.1) is 0 Å². The number of amides is 1. The van der Waals surface area contributed by atoms with E-state index in [-0.39, 0.29) is 5.91 Å². The molecule has 4 nitrogen and oxygen atoms in total. The third-order valence-electron chi connectivity index (χ3n) is 3.50. The van der Waals surface area contributed by atoms with Gasteiger partial charge in [-0.3, -0.25) is 4.79 Å². The highest BCUT2D eigenvalue weighted by Gasteiger charge is 2.04. The van der Waals surface area contributed by atoms with Crippen molar-refractivity contribution in [3.63, 3.8) is 0 Å². The Balaban J connectivity index is 1.99. The lowest BCUT2D eigenvalue weighted by Gasteiger charge is -2.09. The molecule has 0 aliphatic rings. The van der Waals surface area contributed by atoms with E-state index in [1.165, 1.54) is 11.6 Å². The zero-order valence-corrected chi connectivity index (χ0v) is 15.8. The predicted octanol–water partition coefficient (Wildman–Crippen LogP) is 4.77. The first kappa shape index (κ1) is 19.7. The number of methoxy groups -OCH3 is 1. The molecule has 5 heteroatoms. The lowest BCUT2D eigenvalue weighted by Crippen LogP contribution is -2.07. The van der Waals surface area contributed by atoms with Gasteiger partial charge in [-0.1, -0.05) is 30.9 Å². The van der Waals surface area contributed by atoms with E-state index in [1.54, 1.807) is 31.0 Å². The number of hydrogen-bond acceptors (Lipinski definition) is 4. The van der Waals surface area contributed by atoms with E-state index < -0.39 is 0 Å². The molecule has 0 unspecified atom stereocenters. The maximum absolute atomic E-state index is 12.1. The second-order valence-electron chi connectivity index (χ2n) is 5.46. The third kappa shape index (κ3) is 6.01. The molecule has 26 heavy (non-hydrogen) atoms. The Bertz CT molecular complexity index is 769. The summed E-state index contributed by atoms with van der Waals surface area (Å²) in [5.41, 5.74) is 2.85. The zero-order chi connectivity index (χ0) is 18.8. The predicted molar refractivity (Wildman–Crippen MR) is 110 cm³/mol. The minimum absolute atomic E-state index is 0.187. The molecule has 136 valence electrons. The van der Waals surface area contributed by atoms with Crippen LogP contribution < -0.4 is 14.8 Å². The molecule has 0 heterocycles. The van der Waals surface area contributed by atoms with Gasteiger partial charge in [-0.25, -0.2) is 0 Å². The van der Waals surface area contributed by atoms with E-state index in [0.717, 1.165) is 17.0 Å². The highest BCUT2D eigenvalue weighted by Crippen LogP contribution is 2.28. The summed E-state index contributed by atoms with van der Waals surface area (Å²) in [7, 11) is 1.58. The summed E-state index contributed by atoms with van der Waals surface area (Å²) in [5, 5.41) is 2.85. The third-order valence-corrected chi connectivity index (χ3v) is 4.13. The molecule has 0 aliphatic heterocycles. The van der Waals surface area contributed by atoms with E-state index in [1.807, 2.05) is 42.5 Å². The van der Waals surface area contributed by atoms with Gasteiger partial charge >= 0.3 is 0 Å². The fourth-order valence-corrected chi connectivity index (χ4v) is 2.79. The van der Waals surface area contributed by atoms with Crippen LogP contribution in [-0.4, -0.2) is 25.9 Å². The molecule has 0 fully saturated rings. The SMILES string of the molecule is C=CCOc1ccc(C=CC(=O)Nc2ccc(CSC)cc2)cc1OC. The molecule has 0 bridgehead atoms. The molecular formula is C21H23NO3S. The van der Waals surface area contributed by atoms with Crippen LogP contribution in [0.5, 0.6) is 11.5 Å². The van der Waals surface area contributed by atoms with Crippen LogP contribution in [0.15, 0.2) is 61.2 Å². The average molecular weight is 369 g/mol. The van der Waals surface area contributed by atoms with Crippen molar-refractivity contribution in [1.82, 2.24) is 0 Å². The topological polar surface area (TPSA) is 47.6 Å². The van der Waals surface area contributed by atoms with Crippen molar-refractivity contribution in [1.29, 1.82) is 0 Å². The summed E-state index contributed by atoms with van der Waals surface area (Å²) < 4.78 is 10.8. The first-order valence-electron chi connectivity index (χ1n) is 8.15. The van der Waals surface area contributed by atoms with Crippen LogP contribution in [-0.2, 0) is 10.5 Å². The van der Waals surface area contributed by atoms with Crippen molar-refractivity contribution in [3.05, 3.63) is 72.3 Å². The summed E-state index contributed by atoms with van der Waals surface area (Å²) in [6.45, 7) is 4.03. The number of hydrogen-bond donors (Lipinski definition) is 1. The number of rotatable bonds is 9. The average Bonchev–Trinajstić information content (AvgIpc) is 2.66. The van der Waals surface area contributed by atoms with Crippen LogP contribution in [0.3, 0.4) is 0 Å². The Morgan fingerprint density at radius 1 is 1.19 bits per heavy atom. The quantitative estimate of drug-likeness (QED) is 0.511. The van der Waals surface area contributed by atoms with Crippen LogP contribution in [0.4, 0.5) is 5.69 Å². The maximum atomic E-state index is 12.1. The number of carbonyl (C=O) groups is 1. The summed E-state index contributed by atoms with van der Waals surface area (Å²) >= 11 is 1.77. The van der Waals surface area contributed by atoms with Gasteiger partial charge in [-0.15, -0.1) is 0 Å². The molecule has 2 aromatic carbocycles.